The monoisotopic (exact) mass is 235 g/mol. The Hall–Kier alpha value is -0.640. The molecule has 0 aromatic heterocycles. The largest absolute Gasteiger partial charge is 0.348 e. The van der Waals surface area contributed by atoms with Crippen LogP contribution < -0.4 is 5.32 Å². The second-order valence-electron chi connectivity index (χ2n) is 4.07. The van der Waals surface area contributed by atoms with Crippen LogP contribution in [0.3, 0.4) is 0 Å². The molecule has 5 nitrogen and oxygen atoms in total. The van der Waals surface area contributed by atoms with Gasteiger partial charge in [-0.3, -0.25) is 9.36 Å². The molecule has 0 radical (unpaired) electrons. The number of hydrogen-bond acceptors (Lipinski definition) is 2. The number of carbonyl (C=O) groups excluding carboxylic acids is 1. The summed E-state index contributed by atoms with van der Waals surface area (Å²) in [7, 11) is -3.93. The van der Waals surface area contributed by atoms with Crippen molar-refractivity contribution in [2.75, 3.05) is 6.16 Å². The molecule has 1 amide bonds. The van der Waals surface area contributed by atoms with E-state index in [1.54, 1.807) is 13.8 Å². The summed E-state index contributed by atoms with van der Waals surface area (Å²) >= 11 is 0. The SMILES string of the molecule is C=CC(=O)NC(C)(C)CCCP(=O)(O)O. The average molecular weight is 235 g/mol. The van der Waals surface area contributed by atoms with Crippen molar-refractivity contribution in [1.29, 1.82) is 0 Å². The molecule has 0 saturated heterocycles. The van der Waals surface area contributed by atoms with Crippen molar-refractivity contribution in [2.45, 2.75) is 32.2 Å². The van der Waals surface area contributed by atoms with Crippen molar-refractivity contribution < 1.29 is 19.1 Å². The van der Waals surface area contributed by atoms with Crippen LogP contribution in [0.15, 0.2) is 12.7 Å². The molecule has 0 aromatic rings. The third kappa shape index (κ3) is 8.36. The first kappa shape index (κ1) is 14.4. The van der Waals surface area contributed by atoms with E-state index in [1.165, 1.54) is 6.08 Å². The maximum absolute atomic E-state index is 11.0. The van der Waals surface area contributed by atoms with E-state index in [0.29, 0.717) is 12.8 Å². The van der Waals surface area contributed by atoms with Crippen molar-refractivity contribution in [2.24, 2.45) is 0 Å². The van der Waals surface area contributed by atoms with Crippen molar-refractivity contribution in [3.63, 3.8) is 0 Å². The molecule has 0 unspecified atom stereocenters. The van der Waals surface area contributed by atoms with Crippen LogP contribution >= 0.6 is 7.60 Å². The van der Waals surface area contributed by atoms with Crippen LogP contribution in [0.5, 0.6) is 0 Å². The summed E-state index contributed by atoms with van der Waals surface area (Å²) < 4.78 is 10.6. The first-order valence-corrected chi connectivity index (χ1v) is 6.45. The summed E-state index contributed by atoms with van der Waals surface area (Å²) in [6, 6.07) is 0. The fraction of sp³-hybridized carbons (Fsp3) is 0.667. The summed E-state index contributed by atoms with van der Waals surface area (Å²) in [5, 5.41) is 2.68. The predicted octanol–water partition coefficient (Wildman–Crippen LogP) is 1.03. The van der Waals surface area contributed by atoms with Gasteiger partial charge >= 0.3 is 7.60 Å². The number of hydrogen-bond donors (Lipinski definition) is 3. The van der Waals surface area contributed by atoms with E-state index >= 15 is 0 Å². The molecular weight excluding hydrogens is 217 g/mol. The second kappa shape index (κ2) is 5.45. The number of rotatable bonds is 6. The van der Waals surface area contributed by atoms with Gasteiger partial charge < -0.3 is 15.1 Å². The molecule has 88 valence electrons. The van der Waals surface area contributed by atoms with Gasteiger partial charge in [-0.15, -0.1) is 0 Å². The zero-order valence-electron chi connectivity index (χ0n) is 9.06. The molecule has 0 saturated carbocycles. The lowest BCUT2D eigenvalue weighted by Crippen LogP contribution is -2.42. The predicted molar refractivity (Wildman–Crippen MR) is 58.6 cm³/mol. The van der Waals surface area contributed by atoms with Gasteiger partial charge in [-0.25, -0.2) is 0 Å². The fourth-order valence-electron chi connectivity index (χ4n) is 1.17. The Morgan fingerprint density at radius 2 is 2.07 bits per heavy atom. The fourth-order valence-corrected chi connectivity index (χ4v) is 1.74. The Kier molecular flexibility index (Phi) is 5.21. The van der Waals surface area contributed by atoms with Gasteiger partial charge in [0.05, 0.1) is 0 Å². The van der Waals surface area contributed by atoms with Gasteiger partial charge in [-0.1, -0.05) is 6.58 Å². The molecule has 0 fully saturated rings. The summed E-state index contributed by atoms with van der Waals surface area (Å²) in [4.78, 5) is 28.3. The van der Waals surface area contributed by atoms with Crippen LogP contribution in [-0.2, 0) is 9.36 Å². The quantitative estimate of drug-likeness (QED) is 0.474. The van der Waals surface area contributed by atoms with Crippen LogP contribution in [0.1, 0.15) is 26.7 Å². The highest BCUT2D eigenvalue weighted by molar-refractivity contribution is 7.51. The molecule has 0 spiro atoms. The third-order valence-corrected chi connectivity index (χ3v) is 2.80. The maximum atomic E-state index is 11.0. The Morgan fingerprint density at radius 3 is 2.47 bits per heavy atom. The van der Waals surface area contributed by atoms with E-state index in [4.69, 9.17) is 9.79 Å². The molecule has 0 aliphatic carbocycles. The van der Waals surface area contributed by atoms with Gasteiger partial charge in [0.25, 0.3) is 0 Å². The number of amides is 1. The minimum atomic E-state index is -3.93. The molecule has 0 bridgehead atoms. The van der Waals surface area contributed by atoms with E-state index in [1.807, 2.05) is 0 Å². The highest BCUT2D eigenvalue weighted by Crippen LogP contribution is 2.36. The zero-order valence-corrected chi connectivity index (χ0v) is 9.96. The average Bonchev–Trinajstić information content (AvgIpc) is 2.00. The lowest BCUT2D eigenvalue weighted by atomic mass is 9.99. The molecule has 0 aliphatic rings. The standard InChI is InChI=1S/C9H18NO4P/c1-4-8(11)10-9(2,3)6-5-7-15(12,13)14/h4H,1,5-7H2,2-3H3,(H,10,11)(H2,12,13,14). The number of nitrogens with one attached hydrogen (secondary N) is 1. The smallest absolute Gasteiger partial charge is 0.325 e. The van der Waals surface area contributed by atoms with Crippen molar-refractivity contribution in [1.82, 2.24) is 5.32 Å². The summed E-state index contributed by atoms with van der Waals surface area (Å²) in [5.74, 6) is -0.281. The molecule has 0 aliphatic heterocycles. The third-order valence-electron chi connectivity index (χ3n) is 1.90. The highest BCUT2D eigenvalue weighted by atomic mass is 31.2. The molecule has 0 rings (SSSR count). The van der Waals surface area contributed by atoms with E-state index in [-0.39, 0.29) is 12.1 Å². The lowest BCUT2D eigenvalue weighted by molar-refractivity contribution is -0.118. The minimum absolute atomic E-state index is 0.152. The Labute approximate surface area is 89.7 Å². The van der Waals surface area contributed by atoms with Crippen molar-refractivity contribution >= 4 is 13.5 Å². The molecule has 0 atom stereocenters. The van der Waals surface area contributed by atoms with Crippen LogP contribution in [0.25, 0.3) is 0 Å². The molecule has 0 aromatic carbocycles. The zero-order chi connectivity index (χ0) is 12.1. The first-order valence-electron chi connectivity index (χ1n) is 4.65. The van der Waals surface area contributed by atoms with Gasteiger partial charge in [0.15, 0.2) is 0 Å². The molecule has 15 heavy (non-hydrogen) atoms. The van der Waals surface area contributed by atoms with Crippen LogP contribution in [0.2, 0.25) is 0 Å². The molecular formula is C9H18NO4P. The normalized spacial score (nSPS) is 12.3. The van der Waals surface area contributed by atoms with Crippen LogP contribution in [0.4, 0.5) is 0 Å². The molecule has 6 heteroatoms. The van der Waals surface area contributed by atoms with Gasteiger partial charge in [0.2, 0.25) is 5.91 Å². The topological polar surface area (TPSA) is 86.6 Å². The van der Waals surface area contributed by atoms with E-state index in [2.05, 4.69) is 11.9 Å². The van der Waals surface area contributed by atoms with Gasteiger partial charge in [-0.05, 0) is 32.8 Å². The van der Waals surface area contributed by atoms with Gasteiger partial charge in [-0.2, -0.15) is 0 Å². The van der Waals surface area contributed by atoms with Crippen molar-refractivity contribution in [3.05, 3.63) is 12.7 Å². The van der Waals surface area contributed by atoms with E-state index in [9.17, 15) is 9.36 Å². The highest BCUT2D eigenvalue weighted by Gasteiger charge is 2.21. The first-order chi connectivity index (χ1) is 6.66. The van der Waals surface area contributed by atoms with Crippen LogP contribution in [0, 0.1) is 0 Å². The molecule has 3 N–H and O–H groups in total. The Bertz CT molecular complexity index is 282. The van der Waals surface area contributed by atoms with Crippen molar-refractivity contribution in [3.8, 4) is 0 Å². The van der Waals surface area contributed by atoms with Gasteiger partial charge in [0, 0.05) is 11.7 Å². The minimum Gasteiger partial charge on any atom is -0.348 e. The summed E-state index contributed by atoms with van der Waals surface area (Å²) in [5.41, 5.74) is -0.472. The Balaban J connectivity index is 3.99. The summed E-state index contributed by atoms with van der Waals surface area (Å²) in [6.07, 6.45) is 1.90. The van der Waals surface area contributed by atoms with Crippen LogP contribution in [-0.4, -0.2) is 27.4 Å². The van der Waals surface area contributed by atoms with Gasteiger partial charge in [0.1, 0.15) is 0 Å². The second-order valence-corrected chi connectivity index (χ2v) is 5.85. The molecule has 0 heterocycles. The van der Waals surface area contributed by atoms with E-state index < -0.39 is 13.1 Å². The number of carbonyl (C=O) groups is 1. The summed E-state index contributed by atoms with van der Waals surface area (Å²) in [6.45, 7) is 6.93. The maximum Gasteiger partial charge on any atom is 0.325 e. The lowest BCUT2D eigenvalue weighted by Gasteiger charge is -2.25. The van der Waals surface area contributed by atoms with E-state index in [0.717, 1.165) is 0 Å². The Morgan fingerprint density at radius 1 is 1.53 bits per heavy atom.